The van der Waals surface area contributed by atoms with Gasteiger partial charge in [-0.05, 0) is 25.7 Å². The third-order valence-electron chi connectivity index (χ3n) is 3.42. The molecule has 8 nitrogen and oxygen atoms in total. The number of aldehydes is 1. The first-order valence-corrected chi connectivity index (χ1v) is 7.04. The van der Waals surface area contributed by atoms with E-state index in [1.807, 2.05) is 0 Å². The van der Waals surface area contributed by atoms with Gasteiger partial charge in [0.25, 0.3) is 0 Å². The summed E-state index contributed by atoms with van der Waals surface area (Å²) in [6.07, 6.45) is 3.17. The van der Waals surface area contributed by atoms with Crippen LogP contribution in [0.5, 0.6) is 0 Å². The van der Waals surface area contributed by atoms with E-state index in [4.69, 9.17) is 11.5 Å². The molecule has 0 spiro atoms. The first-order chi connectivity index (χ1) is 9.95. The van der Waals surface area contributed by atoms with E-state index in [2.05, 4.69) is 10.3 Å². The van der Waals surface area contributed by atoms with Crippen molar-refractivity contribution in [3.63, 3.8) is 0 Å². The predicted octanol–water partition coefficient (Wildman–Crippen LogP) is -1.27. The van der Waals surface area contributed by atoms with Gasteiger partial charge in [-0.25, -0.2) is 0 Å². The molecule has 0 radical (unpaired) electrons. The molecule has 21 heavy (non-hydrogen) atoms. The highest BCUT2D eigenvalue weighted by Crippen LogP contribution is 2.17. The smallest absolute Gasteiger partial charge is 0.243 e. The molecule has 0 bridgehead atoms. The van der Waals surface area contributed by atoms with Crippen LogP contribution in [0, 0.1) is 0 Å². The monoisotopic (exact) mass is 297 g/mol. The number of carbonyl (C=O) groups excluding carboxylic acids is 3. The molecule has 1 heterocycles. The second-order valence-corrected chi connectivity index (χ2v) is 5.07. The Kier molecular flexibility index (Phi) is 6.64. The van der Waals surface area contributed by atoms with Gasteiger partial charge in [0.1, 0.15) is 12.3 Å². The minimum absolute atomic E-state index is 0.00439. The minimum Gasteiger partial charge on any atom is -0.370 e. The van der Waals surface area contributed by atoms with Gasteiger partial charge < -0.3 is 26.5 Å². The first-order valence-electron chi connectivity index (χ1n) is 7.04. The fourth-order valence-electron chi connectivity index (χ4n) is 2.39. The van der Waals surface area contributed by atoms with Crippen molar-refractivity contribution >= 4 is 24.1 Å². The number of nitrogens with one attached hydrogen (secondary N) is 1. The number of hydrogen-bond donors (Lipinski definition) is 3. The molecule has 1 aliphatic rings. The van der Waals surface area contributed by atoms with Gasteiger partial charge >= 0.3 is 0 Å². The van der Waals surface area contributed by atoms with Crippen molar-refractivity contribution in [3.05, 3.63) is 0 Å². The van der Waals surface area contributed by atoms with E-state index in [0.717, 1.165) is 6.42 Å². The molecule has 2 atom stereocenters. The second-order valence-electron chi connectivity index (χ2n) is 5.07. The molecule has 0 aromatic rings. The van der Waals surface area contributed by atoms with Crippen LogP contribution in [0.2, 0.25) is 0 Å². The van der Waals surface area contributed by atoms with Gasteiger partial charge in [0.05, 0.1) is 6.04 Å². The Balaban J connectivity index is 2.45. The number of guanidine groups is 1. The van der Waals surface area contributed by atoms with Crippen LogP contribution in [-0.4, -0.2) is 54.1 Å². The van der Waals surface area contributed by atoms with Crippen molar-refractivity contribution in [2.45, 2.75) is 44.7 Å². The summed E-state index contributed by atoms with van der Waals surface area (Å²) in [6.45, 7) is 2.44. The fourth-order valence-corrected chi connectivity index (χ4v) is 2.39. The van der Waals surface area contributed by atoms with Gasteiger partial charge in [-0.1, -0.05) is 0 Å². The second kappa shape index (κ2) is 8.23. The van der Waals surface area contributed by atoms with Crippen molar-refractivity contribution in [3.8, 4) is 0 Å². The molecule has 0 unspecified atom stereocenters. The van der Waals surface area contributed by atoms with E-state index < -0.39 is 12.1 Å². The Morgan fingerprint density at radius 2 is 2.19 bits per heavy atom. The highest BCUT2D eigenvalue weighted by atomic mass is 16.2. The van der Waals surface area contributed by atoms with Crippen LogP contribution in [0.3, 0.4) is 0 Å². The molecule has 2 amide bonds. The minimum atomic E-state index is -0.582. The number of rotatable bonds is 7. The van der Waals surface area contributed by atoms with Crippen LogP contribution in [0.4, 0.5) is 0 Å². The summed E-state index contributed by atoms with van der Waals surface area (Å²) in [5, 5.41) is 2.67. The van der Waals surface area contributed by atoms with Crippen LogP contribution < -0.4 is 16.8 Å². The Morgan fingerprint density at radius 1 is 1.48 bits per heavy atom. The van der Waals surface area contributed by atoms with E-state index >= 15 is 0 Å². The zero-order valence-corrected chi connectivity index (χ0v) is 12.2. The highest BCUT2D eigenvalue weighted by Gasteiger charge is 2.33. The zero-order chi connectivity index (χ0) is 15.8. The van der Waals surface area contributed by atoms with E-state index in [0.29, 0.717) is 38.6 Å². The molecule has 8 heteroatoms. The summed E-state index contributed by atoms with van der Waals surface area (Å²) in [5.74, 6) is -0.394. The van der Waals surface area contributed by atoms with Crippen LogP contribution in [0.1, 0.15) is 32.6 Å². The molecule has 0 saturated carbocycles. The Bertz CT molecular complexity index is 420. The topological polar surface area (TPSA) is 131 Å². The molecule has 0 aliphatic carbocycles. The molecule has 5 N–H and O–H groups in total. The number of nitrogens with two attached hydrogens (primary N) is 2. The third kappa shape index (κ3) is 5.41. The summed E-state index contributed by atoms with van der Waals surface area (Å²) in [5.41, 5.74) is 10.4. The van der Waals surface area contributed by atoms with Crippen LogP contribution >= 0.6 is 0 Å². The Labute approximate surface area is 123 Å². The van der Waals surface area contributed by atoms with Crippen LogP contribution in [-0.2, 0) is 14.4 Å². The lowest BCUT2D eigenvalue weighted by atomic mass is 10.1. The van der Waals surface area contributed by atoms with Crippen molar-refractivity contribution < 1.29 is 14.4 Å². The molecular weight excluding hydrogens is 274 g/mol. The number of likely N-dealkylation sites (tertiary alicyclic amines) is 1. The predicted molar refractivity (Wildman–Crippen MR) is 78.3 cm³/mol. The largest absolute Gasteiger partial charge is 0.370 e. The van der Waals surface area contributed by atoms with Crippen LogP contribution in [0.25, 0.3) is 0 Å². The fraction of sp³-hybridized carbons (Fsp3) is 0.692. The van der Waals surface area contributed by atoms with E-state index in [9.17, 15) is 14.4 Å². The maximum atomic E-state index is 12.1. The zero-order valence-electron chi connectivity index (χ0n) is 12.2. The van der Waals surface area contributed by atoms with Crippen molar-refractivity contribution in [2.24, 2.45) is 16.5 Å². The average molecular weight is 297 g/mol. The maximum absolute atomic E-state index is 12.1. The molecular formula is C13H23N5O3. The van der Waals surface area contributed by atoms with Crippen molar-refractivity contribution in [2.75, 3.05) is 13.1 Å². The summed E-state index contributed by atoms with van der Waals surface area (Å²) in [7, 11) is 0. The number of carbonyl (C=O) groups is 3. The first kappa shape index (κ1) is 16.9. The lowest BCUT2D eigenvalue weighted by Crippen LogP contribution is -2.48. The van der Waals surface area contributed by atoms with E-state index in [1.165, 1.54) is 11.8 Å². The summed E-state index contributed by atoms with van der Waals surface area (Å²) in [4.78, 5) is 39.9. The molecule has 1 fully saturated rings. The number of hydrogen-bond acceptors (Lipinski definition) is 4. The SMILES string of the molecule is CC(=O)N1CCC[C@H]1C(=O)N[C@H](C=O)CCCN=C(N)N. The van der Waals surface area contributed by atoms with Gasteiger partial charge in [0, 0.05) is 20.0 Å². The third-order valence-corrected chi connectivity index (χ3v) is 3.42. The molecule has 1 aliphatic heterocycles. The lowest BCUT2D eigenvalue weighted by molar-refractivity contribution is -0.137. The average Bonchev–Trinajstić information content (AvgIpc) is 2.91. The normalized spacial score (nSPS) is 18.9. The van der Waals surface area contributed by atoms with Gasteiger partial charge in [0.15, 0.2) is 5.96 Å². The van der Waals surface area contributed by atoms with Gasteiger partial charge in [-0.3, -0.25) is 14.6 Å². The van der Waals surface area contributed by atoms with Gasteiger partial charge in [-0.15, -0.1) is 0 Å². The number of amides is 2. The van der Waals surface area contributed by atoms with Gasteiger partial charge in [0.2, 0.25) is 11.8 Å². The lowest BCUT2D eigenvalue weighted by Gasteiger charge is -2.24. The number of aliphatic imine (C=N–C) groups is 1. The summed E-state index contributed by atoms with van der Waals surface area (Å²) >= 11 is 0. The Morgan fingerprint density at radius 3 is 2.76 bits per heavy atom. The van der Waals surface area contributed by atoms with Crippen LogP contribution in [0.15, 0.2) is 4.99 Å². The van der Waals surface area contributed by atoms with E-state index in [1.54, 1.807) is 0 Å². The summed E-state index contributed by atoms with van der Waals surface area (Å²) in [6, 6.07) is -1.05. The molecule has 1 rings (SSSR count). The summed E-state index contributed by atoms with van der Waals surface area (Å²) < 4.78 is 0. The Hall–Kier alpha value is -2.12. The molecule has 118 valence electrons. The standard InChI is InChI=1S/C13H23N5O3/c1-9(20)18-7-3-5-11(18)12(21)17-10(8-19)4-2-6-16-13(14)15/h8,10-11H,2-7H2,1H3,(H,17,21)(H4,14,15,16)/t10-,11-/m0/s1. The van der Waals surface area contributed by atoms with Crippen molar-refractivity contribution in [1.29, 1.82) is 0 Å². The van der Waals surface area contributed by atoms with Crippen molar-refractivity contribution in [1.82, 2.24) is 10.2 Å². The maximum Gasteiger partial charge on any atom is 0.243 e. The van der Waals surface area contributed by atoms with Gasteiger partial charge in [-0.2, -0.15) is 0 Å². The molecule has 0 aromatic heterocycles. The number of nitrogens with zero attached hydrogens (tertiary/aromatic N) is 2. The van der Waals surface area contributed by atoms with E-state index in [-0.39, 0.29) is 17.8 Å². The highest BCUT2D eigenvalue weighted by molar-refractivity contribution is 5.89. The molecule has 1 saturated heterocycles. The quantitative estimate of drug-likeness (QED) is 0.233. The molecule has 0 aromatic carbocycles.